The van der Waals surface area contributed by atoms with Crippen LogP contribution in [0.1, 0.15) is 54.1 Å². The van der Waals surface area contributed by atoms with Crippen LogP contribution in [0.4, 0.5) is 0 Å². The first-order valence-corrected chi connectivity index (χ1v) is 9.58. The van der Waals surface area contributed by atoms with Gasteiger partial charge in [0.25, 0.3) is 0 Å². The minimum Gasteiger partial charge on any atom is -0.481 e. The molecule has 26 heavy (non-hydrogen) atoms. The highest BCUT2D eigenvalue weighted by Gasteiger charge is 2.19. The average Bonchev–Trinajstić information content (AvgIpc) is 3.15. The minimum atomic E-state index is -0.777. The van der Waals surface area contributed by atoms with E-state index in [0.717, 1.165) is 24.4 Å². The molecule has 4 heteroatoms. The summed E-state index contributed by atoms with van der Waals surface area (Å²) in [5.74, 6) is -0.526. The van der Waals surface area contributed by atoms with Crippen molar-refractivity contribution in [2.75, 3.05) is 19.6 Å². The lowest BCUT2D eigenvalue weighted by Gasteiger charge is -2.22. The topological polar surface area (TPSA) is 53.4 Å². The van der Waals surface area contributed by atoms with Crippen molar-refractivity contribution in [2.45, 2.75) is 44.9 Å². The van der Waals surface area contributed by atoms with Crippen LogP contribution in [-0.2, 0) is 11.2 Å². The first kappa shape index (κ1) is 18.6. The van der Waals surface area contributed by atoms with Crippen LogP contribution < -0.4 is 0 Å². The first-order valence-electron chi connectivity index (χ1n) is 9.58. The molecule has 2 aromatic rings. The Morgan fingerprint density at radius 2 is 1.88 bits per heavy atom. The fraction of sp³-hybridized carbons (Fsp3) is 0.455. The van der Waals surface area contributed by atoms with Crippen molar-refractivity contribution in [3.05, 3.63) is 65.0 Å². The number of hydrogen-bond donors (Lipinski definition) is 1. The lowest BCUT2D eigenvalue weighted by molar-refractivity contribution is -0.136. The third kappa shape index (κ3) is 5.15. The van der Waals surface area contributed by atoms with Crippen molar-refractivity contribution in [3.63, 3.8) is 0 Å². The molecule has 4 nitrogen and oxygen atoms in total. The van der Waals surface area contributed by atoms with Gasteiger partial charge >= 0.3 is 5.97 Å². The van der Waals surface area contributed by atoms with Crippen molar-refractivity contribution < 1.29 is 9.90 Å². The SMILES string of the molecule is Cc1ccc(C(CCN2CCCC2)c2cccc(CCC(=O)O)n2)cc1. The summed E-state index contributed by atoms with van der Waals surface area (Å²) < 4.78 is 0. The van der Waals surface area contributed by atoms with E-state index < -0.39 is 5.97 Å². The van der Waals surface area contributed by atoms with E-state index in [4.69, 9.17) is 10.1 Å². The van der Waals surface area contributed by atoms with Gasteiger partial charge in [-0.2, -0.15) is 0 Å². The quantitative estimate of drug-likeness (QED) is 0.779. The summed E-state index contributed by atoms with van der Waals surface area (Å²) in [7, 11) is 0. The predicted octanol–water partition coefficient (Wildman–Crippen LogP) is 4.03. The van der Waals surface area contributed by atoms with Crippen LogP contribution in [-0.4, -0.2) is 40.6 Å². The molecule has 0 bridgehead atoms. The monoisotopic (exact) mass is 352 g/mol. The number of rotatable bonds is 8. The van der Waals surface area contributed by atoms with E-state index in [1.165, 1.54) is 37.1 Å². The predicted molar refractivity (Wildman–Crippen MR) is 104 cm³/mol. The summed E-state index contributed by atoms with van der Waals surface area (Å²) in [4.78, 5) is 18.2. The number of aliphatic carboxylic acids is 1. The summed E-state index contributed by atoms with van der Waals surface area (Å²) in [6, 6.07) is 14.7. The largest absolute Gasteiger partial charge is 0.481 e. The lowest BCUT2D eigenvalue weighted by Crippen LogP contribution is -2.22. The zero-order chi connectivity index (χ0) is 18.4. The van der Waals surface area contributed by atoms with E-state index in [1.807, 2.05) is 12.1 Å². The van der Waals surface area contributed by atoms with E-state index in [0.29, 0.717) is 6.42 Å². The Morgan fingerprint density at radius 3 is 2.58 bits per heavy atom. The molecule has 1 aromatic carbocycles. The van der Waals surface area contributed by atoms with Crippen LogP contribution in [0.3, 0.4) is 0 Å². The van der Waals surface area contributed by atoms with E-state index in [9.17, 15) is 4.79 Å². The fourth-order valence-corrected chi connectivity index (χ4v) is 3.67. The smallest absolute Gasteiger partial charge is 0.303 e. The maximum atomic E-state index is 10.9. The summed E-state index contributed by atoms with van der Waals surface area (Å²) in [5, 5.41) is 8.93. The van der Waals surface area contributed by atoms with Crippen molar-refractivity contribution in [2.24, 2.45) is 0 Å². The number of carbonyl (C=O) groups is 1. The molecule has 1 saturated heterocycles. The molecular weight excluding hydrogens is 324 g/mol. The molecule has 2 heterocycles. The van der Waals surface area contributed by atoms with Gasteiger partial charge in [0.2, 0.25) is 0 Å². The third-order valence-electron chi connectivity index (χ3n) is 5.19. The number of nitrogens with zero attached hydrogens (tertiary/aromatic N) is 2. The van der Waals surface area contributed by atoms with Crippen LogP contribution in [0.2, 0.25) is 0 Å². The van der Waals surface area contributed by atoms with Gasteiger partial charge in [0, 0.05) is 23.7 Å². The number of benzene rings is 1. The lowest BCUT2D eigenvalue weighted by atomic mass is 9.91. The normalized spacial score (nSPS) is 15.9. The number of aromatic nitrogens is 1. The molecule has 0 radical (unpaired) electrons. The van der Waals surface area contributed by atoms with Gasteiger partial charge in [-0.25, -0.2) is 0 Å². The first-order chi connectivity index (χ1) is 12.6. The van der Waals surface area contributed by atoms with Gasteiger partial charge in [-0.3, -0.25) is 9.78 Å². The van der Waals surface area contributed by atoms with Gasteiger partial charge < -0.3 is 10.0 Å². The van der Waals surface area contributed by atoms with Gasteiger partial charge in [-0.1, -0.05) is 35.9 Å². The van der Waals surface area contributed by atoms with Gasteiger partial charge in [0.05, 0.1) is 6.42 Å². The molecule has 1 aliphatic heterocycles. The van der Waals surface area contributed by atoms with E-state index in [2.05, 4.69) is 42.2 Å². The standard InChI is InChI=1S/C22H28N2O2/c1-17-7-9-18(10-8-17)20(13-16-24-14-2-3-15-24)21-6-4-5-19(23-21)11-12-22(25)26/h4-10,20H,2-3,11-16H2,1H3,(H,25,26). The molecule has 0 aliphatic carbocycles. The zero-order valence-corrected chi connectivity index (χ0v) is 15.5. The Morgan fingerprint density at radius 1 is 1.15 bits per heavy atom. The zero-order valence-electron chi connectivity index (χ0n) is 15.5. The number of hydrogen-bond acceptors (Lipinski definition) is 3. The van der Waals surface area contributed by atoms with Crippen LogP contribution >= 0.6 is 0 Å². The highest BCUT2D eigenvalue weighted by atomic mass is 16.4. The summed E-state index contributed by atoms with van der Waals surface area (Å²) in [5.41, 5.74) is 4.46. The Bertz CT molecular complexity index is 721. The molecule has 0 spiro atoms. The molecular formula is C22H28N2O2. The molecule has 138 valence electrons. The third-order valence-corrected chi connectivity index (χ3v) is 5.19. The second kappa shape index (κ2) is 8.95. The second-order valence-electron chi connectivity index (χ2n) is 7.25. The number of carboxylic acid groups (broad SMARTS) is 1. The summed E-state index contributed by atoms with van der Waals surface area (Å²) >= 11 is 0. The highest BCUT2D eigenvalue weighted by Crippen LogP contribution is 2.28. The number of likely N-dealkylation sites (tertiary alicyclic amines) is 1. The Hall–Kier alpha value is -2.20. The maximum absolute atomic E-state index is 10.9. The van der Waals surface area contributed by atoms with Gasteiger partial charge in [0.1, 0.15) is 0 Å². The van der Waals surface area contributed by atoms with Crippen LogP contribution in [0.15, 0.2) is 42.5 Å². The van der Waals surface area contributed by atoms with Crippen LogP contribution in [0.5, 0.6) is 0 Å². The second-order valence-corrected chi connectivity index (χ2v) is 7.25. The Kier molecular flexibility index (Phi) is 6.40. The van der Waals surface area contributed by atoms with Crippen molar-refractivity contribution in [3.8, 4) is 0 Å². The summed E-state index contributed by atoms with van der Waals surface area (Å²) in [6.45, 7) is 5.59. The molecule has 1 aromatic heterocycles. The molecule has 3 rings (SSSR count). The molecule has 1 fully saturated rings. The van der Waals surface area contributed by atoms with E-state index in [-0.39, 0.29) is 12.3 Å². The molecule has 1 unspecified atom stereocenters. The Labute approximate surface area is 155 Å². The number of carboxylic acids is 1. The van der Waals surface area contributed by atoms with Crippen molar-refractivity contribution >= 4 is 5.97 Å². The summed E-state index contributed by atoms with van der Waals surface area (Å²) in [6.07, 6.45) is 4.25. The molecule has 1 atom stereocenters. The minimum absolute atomic E-state index is 0.124. The van der Waals surface area contributed by atoms with Gasteiger partial charge in [-0.15, -0.1) is 0 Å². The molecule has 1 aliphatic rings. The van der Waals surface area contributed by atoms with E-state index >= 15 is 0 Å². The Balaban J connectivity index is 1.80. The van der Waals surface area contributed by atoms with Crippen molar-refractivity contribution in [1.82, 2.24) is 9.88 Å². The fourth-order valence-electron chi connectivity index (χ4n) is 3.67. The van der Waals surface area contributed by atoms with E-state index in [1.54, 1.807) is 0 Å². The maximum Gasteiger partial charge on any atom is 0.303 e. The van der Waals surface area contributed by atoms with Crippen molar-refractivity contribution in [1.29, 1.82) is 0 Å². The number of pyridine rings is 1. The molecule has 0 saturated carbocycles. The van der Waals surface area contributed by atoms with Crippen LogP contribution in [0.25, 0.3) is 0 Å². The highest BCUT2D eigenvalue weighted by molar-refractivity contribution is 5.66. The molecule has 1 N–H and O–H groups in total. The van der Waals surface area contributed by atoms with Gasteiger partial charge in [0.15, 0.2) is 0 Å². The van der Waals surface area contributed by atoms with Gasteiger partial charge in [-0.05, 0) is 63.5 Å². The molecule has 0 amide bonds. The number of aryl methyl sites for hydroxylation is 2. The average molecular weight is 352 g/mol. The van der Waals surface area contributed by atoms with Crippen LogP contribution in [0, 0.1) is 6.92 Å².